The fourth-order valence-corrected chi connectivity index (χ4v) is 4.24. The van der Waals surface area contributed by atoms with E-state index in [4.69, 9.17) is 9.47 Å². The van der Waals surface area contributed by atoms with Gasteiger partial charge in [-0.1, -0.05) is 25.1 Å². The molecule has 3 aromatic rings. The van der Waals surface area contributed by atoms with Crippen LogP contribution in [0.25, 0.3) is 0 Å². The molecule has 0 aliphatic carbocycles. The number of fused-ring (bicyclic) bond motifs is 1. The predicted molar refractivity (Wildman–Crippen MR) is 119 cm³/mol. The monoisotopic (exact) mass is 460 g/mol. The molecule has 0 saturated carbocycles. The van der Waals surface area contributed by atoms with Crippen LogP contribution in [0.3, 0.4) is 0 Å². The smallest absolute Gasteiger partial charge is 0.231 e. The quantitative estimate of drug-likeness (QED) is 0.560. The Morgan fingerprint density at radius 2 is 1.75 bits per heavy atom. The second-order valence-electron chi connectivity index (χ2n) is 7.81. The molecule has 0 amide bonds. The van der Waals surface area contributed by atoms with E-state index in [0.717, 1.165) is 61.2 Å². The highest BCUT2D eigenvalue weighted by atomic mass is 35.5. The Morgan fingerprint density at radius 3 is 2.50 bits per heavy atom. The van der Waals surface area contributed by atoms with Gasteiger partial charge in [-0.05, 0) is 52.4 Å². The summed E-state index contributed by atoms with van der Waals surface area (Å²) < 4.78 is 26.3. The third-order valence-electron chi connectivity index (χ3n) is 5.98. The fraction of sp³-hybridized carbons (Fsp3) is 0.409. The first-order chi connectivity index (χ1) is 15.2. The fourth-order valence-electron chi connectivity index (χ4n) is 4.24. The molecule has 2 aromatic carbocycles. The molecule has 32 heavy (non-hydrogen) atoms. The Kier molecular flexibility index (Phi) is 6.88. The third-order valence-corrected chi connectivity index (χ3v) is 5.98. The first kappa shape index (κ1) is 22.4. The van der Waals surface area contributed by atoms with Crippen molar-refractivity contribution < 1.29 is 13.9 Å². The number of hydrogen-bond donors (Lipinski definition) is 0. The number of benzene rings is 2. The molecule has 1 unspecified atom stereocenters. The van der Waals surface area contributed by atoms with Crippen molar-refractivity contribution in [1.29, 1.82) is 0 Å². The van der Waals surface area contributed by atoms with Crippen LogP contribution in [0, 0.1) is 5.82 Å². The van der Waals surface area contributed by atoms with E-state index in [-0.39, 0.29) is 31.1 Å². The summed E-state index contributed by atoms with van der Waals surface area (Å²) >= 11 is 0. The molecule has 1 fully saturated rings. The number of rotatable bonds is 6. The van der Waals surface area contributed by atoms with E-state index in [2.05, 4.69) is 32.2 Å². The first-order valence-electron chi connectivity index (χ1n) is 10.6. The Balaban J connectivity index is 0.00000245. The van der Waals surface area contributed by atoms with E-state index in [9.17, 15) is 4.39 Å². The molecule has 8 nitrogen and oxygen atoms in total. The van der Waals surface area contributed by atoms with Crippen molar-refractivity contribution >= 4 is 12.4 Å². The van der Waals surface area contributed by atoms with E-state index in [0.29, 0.717) is 6.54 Å². The molecule has 2 aliphatic rings. The highest BCUT2D eigenvalue weighted by molar-refractivity contribution is 5.85. The van der Waals surface area contributed by atoms with Gasteiger partial charge in [-0.3, -0.25) is 4.90 Å². The molecule has 2 aliphatic heterocycles. The van der Waals surface area contributed by atoms with E-state index in [1.165, 1.54) is 12.1 Å². The Labute approximate surface area is 192 Å². The first-order valence-corrected chi connectivity index (χ1v) is 10.6. The molecule has 3 heterocycles. The molecule has 0 N–H and O–H groups in total. The lowest BCUT2D eigenvalue weighted by Gasteiger charge is -2.38. The minimum absolute atomic E-state index is 0. The molecule has 170 valence electrons. The number of ether oxygens (including phenoxy) is 2. The number of hydrogen-bond acceptors (Lipinski definition) is 7. The van der Waals surface area contributed by atoms with Gasteiger partial charge < -0.3 is 14.4 Å². The largest absolute Gasteiger partial charge is 0.454 e. The van der Waals surface area contributed by atoms with Crippen LogP contribution in [0.2, 0.25) is 0 Å². The van der Waals surface area contributed by atoms with Gasteiger partial charge in [0.1, 0.15) is 5.82 Å². The van der Waals surface area contributed by atoms with Gasteiger partial charge in [-0.25, -0.2) is 9.07 Å². The van der Waals surface area contributed by atoms with Gasteiger partial charge >= 0.3 is 0 Å². The number of likely N-dealkylation sites (N-methyl/N-ethyl adjacent to an activating group) is 1. The lowest BCUT2D eigenvalue weighted by Crippen LogP contribution is -2.48. The zero-order chi connectivity index (χ0) is 21.2. The van der Waals surface area contributed by atoms with Crippen LogP contribution in [0.1, 0.15) is 29.9 Å². The normalized spacial score (nSPS) is 17.2. The molecule has 1 aromatic heterocycles. The maximum absolute atomic E-state index is 13.6. The van der Waals surface area contributed by atoms with E-state index in [1.54, 1.807) is 0 Å². The summed E-state index contributed by atoms with van der Waals surface area (Å²) in [6, 6.07) is 12.4. The lowest BCUT2D eigenvalue weighted by atomic mass is 10.0. The van der Waals surface area contributed by atoms with Gasteiger partial charge in [0, 0.05) is 26.2 Å². The van der Waals surface area contributed by atoms with Crippen LogP contribution in [0.4, 0.5) is 4.39 Å². The highest BCUT2D eigenvalue weighted by Gasteiger charge is 2.30. The average molecular weight is 461 g/mol. The molecule has 0 bridgehead atoms. The highest BCUT2D eigenvalue weighted by Crippen LogP contribution is 2.33. The molecule has 10 heteroatoms. The van der Waals surface area contributed by atoms with Crippen molar-refractivity contribution in [2.45, 2.75) is 19.5 Å². The topological polar surface area (TPSA) is 68.5 Å². The average Bonchev–Trinajstić information content (AvgIpc) is 3.45. The maximum Gasteiger partial charge on any atom is 0.231 e. The zero-order valence-electron chi connectivity index (χ0n) is 17.9. The molecule has 5 rings (SSSR count). The summed E-state index contributed by atoms with van der Waals surface area (Å²) in [7, 11) is 0. The van der Waals surface area contributed by atoms with Gasteiger partial charge in [-0.2, -0.15) is 0 Å². The summed E-state index contributed by atoms with van der Waals surface area (Å²) in [5.41, 5.74) is 2.00. The van der Waals surface area contributed by atoms with Gasteiger partial charge in [0.05, 0.1) is 12.6 Å². The second-order valence-corrected chi connectivity index (χ2v) is 7.81. The van der Waals surface area contributed by atoms with Crippen molar-refractivity contribution in [1.82, 2.24) is 30.0 Å². The maximum atomic E-state index is 13.6. The molecular weight excluding hydrogens is 435 g/mol. The minimum atomic E-state index is -0.252. The standard InChI is InChI=1S/C22H25FN6O2.ClH/c1-2-27-9-11-28(12-10-27)21(17-4-6-18(23)7-5-17)22-24-25-26-29(22)14-16-3-8-19-20(13-16)31-15-30-19;/h3-8,13,21H,2,9-12,14-15H2,1H3;1H. The van der Waals surface area contributed by atoms with E-state index >= 15 is 0 Å². The minimum Gasteiger partial charge on any atom is -0.454 e. The summed E-state index contributed by atoms with van der Waals surface area (Å²) in [6.07, 6.45) is 0. The van der Waals surface area contributed by atoms with Gasteiger partial charge in [0.25, 0.3) is 0 Å². The third kappa shape index (κ3) is 4.55. The number of aromatic nitrogens is 4. The molecule has 0 spiro atoms. The summed E-state index contributed by atoms with van der Waals surface area (Å²) in [4.78, 5) is 4.80. The van der Waals surface area contributed by atoms with Gasteiger partial charge in [-0.15, -0.1) is 17.5 Å². The van der Waals surface area contributed by atoms with Crippen LogP contribution in [0.5, 0.6) is 11.5 Å². The van der Waals surface area contributed by atoms with Crippen LogP contribution in [0.15, 0.2) is 42.5 Å². The molecule has 0 radical (unpaired) electrons. The Hall–Kier alpha value is -2.75. The van der Waals surface area contributed by atoms with E-state index < -0.39 is 0 Å². The summed E-state index contributed by atoms with van der Waals surface area (Å²) in [6.45, 7) is 7.72. The summed E-state index contributed by atoms with van der Waals surface area (Å²) in [5, 5.41) is 12.6. The summed E-state index contributed by atoms with van der Waals surface area (Å²) in [5.74, 6) is 1.98. The second kappa shape index (κ2) is 9.81. The number of halogens is 2. The van der Waals surface area contributed by atoms with Gasteiger partial charge in [0.15, 0.2) is 17.3 Å². The number of nitrogens with zero attached hydrogens (tertiary/aromatic N) is 6. The van der Waals surface area contributed by atoms with Crippen LogP contribution in [-0.2, 0) is 6.54 Å². The molecule has 1 saturated heterocycles. The van der Waals surface area contributed by atoms with Crippen LogP contribution in [-0.4, -0.2) is 69.5 Å². The van der Waals surface area contributed by atoms with Crippen molar-refractivity contribution in [3.8, 4) is 11.5 Å². The molecule has 1 atom stereocenters. The SMILES string of the molecule is CCN1CCN(C(c2ccc(F)cc2)c2nnnn2Cc2ccc3c(c2)OCO3)CC1.Cl. The van der Waals surface area contributed by atoms with Crippen molar-refractivity contribution in [2.24, 2.45) is 0 Å². The van der Waals surface area contributed by atoms with Crippen LogP contribution >= 0.6 is 12.4 Å². The lowest BCUT2D eigenvalue weighted by molar-refractivity contribution is 0.108. The van der Waals surface area contributed by atoms with Crippen LogP contribution < -0.4 is 9.47 Å². The zero-order valence-corrected chi connectivity index (χ0v) is 18.7. The Bertz CT molecular complexity index is 1040. The van der Waals surface area contributed by atoms with Crippen molar-refractivity contribution in [2.75, 3.05) is 39.5 Å². The number of tetrazole rings is 1. The van der Waals surface area contributed by atoms with Crippen molar-refractivity contribution in [3.63, 3.8) is 0 Å². The van der Waals surface area contributed by atoms with Crippen molar-refractivity contribution in [3.05, 3.63) is 65.2 Å². The Morgan fingerprint density at radius 1 is 1.00 bits per heavy atom. The molecular formula is C22H26ClFN6O2. The number of piperazine rings is 1. The van der Waals surface area contributed by atoms with Gasteiger partial charge in [0.2, 0.25) is 6.79 Å². The van der Waals surface area contributed by atoms with E-state index in [1.807, 2.05) is 35.0 Å². The predicted octanol–water partition coefficient (Wildman–Crippen LogP) is 2.74.